The quantitative estimate of drug-likeness (QED) is 0.704. The van der Waals surface area contributed by atoms with Gasteiger partial charge in [0.1, 0.15) is 11.5 Å². The van der Waals surface area contributed by atoms with E-state index in [0.29, 0.717) is 6.04 Å². The van der Waals surface area contributed by atoms with Crippen LogP contribution in [0.15, 0.2) is 46.2 Å². The summed E-state index contributed by atoms with van der Waals surface area (Å²) in [5, 5.41) is 2.05. The minimum atomic E-state index is 0.499. The Morgan fingerprint density at radius 2 is 2.14 bits per heavy atom. The first-order valence-electron chi connectivity index (χ1n) is 7.57. The summed E-state index contributed by atoms with van der Waals surface area (Å²) in [7, 11) is 0. The van der Waals surface area contributed by atoms with Gasteiger partial charge in [-0.3, -0.25) is 0 Å². The van der Waals surface area contributed by atoms with E-state index in [2.05, 4.69) is 36.1 Å². The standard InChI is InChI=1S/C18H18N2OS/c1-12-10-14-6-3-4-7-16(14)20(12)11-15-13(2)21-18(19-15)17-8-5-9-22-17/h3-9,12H,10-11H2,1-2H3/t12-/m1/s1. The van der Waals surface area contributed by atoms with Gasteiger partial charge in [0.2, 0.25) is 5.89 Å². The second kappa shape index (κ2) is 5.29. The van der Waals surface area contributed by atoms with Gasteiger partial charge >= 0.3 is 0 Å². The van der Waals surface area contributed by atoms with E-state index >= 15 is 0 Å². The van der Waals surface area contributed by atoms with Crippen LogP contribution in [0, 0.1) is 6.92 Å². The number of oxazole rings is 1. The van der Waals surface area contributed by atoms with Crippen LogP contribution in [0.2, 0.25) is 0 Å². The van der Waals surface area contributed by atoms with E-state index in [1.807, 2.05) is 24.4 Å². The molecule has 4 rings (SSSR count). The molecule has 0 saturated heterocycles. The van der Waals surface area contributed by atoms with Crippen LogP contribution in [0.4, 0.5) is 5.69 Å². The molecule has 2 aromatic heterocycles. The van der Waals surface area contributed by atoms with Crippen molar-refractivity contribution in [2.45, 2.75) is 32.9 Å². The highest BCUT2D eigenvalue weighted by Gasteiger charge is 2.27. The van der Waals surface area contributed by atoms with Gasteiger partial charge in [-0.2, -0.15) is 0 Å². The molecule has 4 heteroatoms. The highest BCUT2D eigenvalue weighted by molar-refractivity contribution is 7.13. The van der Waals surface area contributed by atoms with Crippen molar-refractivity contribution >= 4 is 17.0 Å². The van der Waals surface area contributed by atoms with Gasteiger partial charge in [0.15, 0.2) is 0 Å². The summed E-state index contributed by atoms with van der Waals surface area (Å²) in [5.41, 5.74) is 3.79. The maximum absolute atomic E-state index is 5.87. The molecule has 3 aromatic rings. The average Bonchev–Trinajstić information content (AvgIpc) is 3.21. The van der Waals surface area contributed by atoms with Crippen LogP contribution in [0.3, 0.4) is 0 Å². The van der Waals surface area contributed by atoms with Crippen LogP contribution in [0.5, 0.6) is 0 Å². The summed E-state index contributed by atoms with van der Waals surface area (Å²) < 4.78 is 5.87. The third kappa shape index (κ3) is 2.24. The third-order valence-electron chi connectivity index (χ3n) is 4.29. The number of hydrogen-bond acceptors (Lipinski definition) is 4. The molecular formula is C18H18N2OS. The van der Waals surface area contributed by atoms with E-state index in [9.17, 15) is 0 Å². The normalized spacial score (nSPS) is 17.0. The van der Waals surface area contributed by atoms with Crippen LogP contribution in [-0.2, 0) is 13.0 Å². The molecule has 1 aliphatic rings. The van der Waals surface area contributed by atoms with Crippen molar-refractivity contribution in [3.63, 3.8) is 0 Å². The van der Waals surface area contributed by atoms with Crippen LogP contribution >= 0.6 is 11.3 Å². The van der Waals surface area contributed by atoms with E-state index in [1.54, 1.807) is 11.3 Å². The minimum Gasteiger partial charge on any atom is -0.440 e. The smallest absolute Gasteiger partial charge is 0.236 e. The Bertz CT molecular complexity index is 791. The summed E-state index contributed by atoms with van der Waals surface area (Å²) in [6.07, 6.45) is 1.10. The predicted octanol–water partition coefficient (Wildman–Crippen LogP) is 4.66. The Hall–Kier alpha value is -2.07. The zero-order chi connectivity index (χ0) is 15.1. The van der Waals surface area contributed by atoms with Crippen molar-refractivity contribution < 1.29 is 4.42 Å². The molecule has 1 aliphatic heterocycles. The molecule has 0 N–H and O–H groups in total. The van der Waals surface area contributed by atoms with Gasteiger partial charge in [0, 0.05) is 11.7 Å². The SMILES string of the molecule is Cc1oc(-c2cccs2)nc1CN1c2ccccc2C[C@H]1C. The zero-order valence-corrected chi connectivity index (χ0v) is 13.6. The van der Waals surface area contributed by atoms with E-state index < -0.39 is 0 Å². The molecule has 0 amide bonds. The Morgan fingerprint density at radius 3 is 2.95 bits per heavy atom. The number of rotatable bonds is 3. The molecule has 22 heavy (non-hydrogen) atoms. The molecule has 3 nitrogen and oxygen atoms in total. The van der Waals surface area contributed by atoms with E-state index in [0.717, 1.165) is 35.2 Å². The molecule has 0 bridgehead atoms. The van der Waals surface area contributed by atoms with E-state index in [4.69, 9.17) is 9.40 Å². The lowest BCUT2D eigenvalue weighted by molar-refractivity contribution is 0.539. The molecule has 1 atom stereocenters. The molecule has 0 aliphatic carbocycles. The molecular weight excluding hydrogens is 292 g/mol. The number of aryl methyl sites for hydroxylation is 1. The molecule has 3 heterocycles. The lowest BCUT2D eigenvalue weighted by Gasteiger charge is -2.23. The van der Waals surface area contributed by atoms with Gasteiger partial charge in [-0.25, -0.2) is 4.98 Å². The maximum atomic E-state index is 5.87. The monoisotopic (exact) mass is 310 g/mol. The lowest BCUT2D eigenvalue weighted by atomic mass is 10.1. The Kier molecular flexibility index (Phi) is 3.26. The highest BCUT2D eigenvalue weighted by Crippen LogP contribution is 2.34. The van der Waals surface area contributed by atoms with Crippen molar-refractivity contribution in [1.29, 1.82) is 0 Å². The van der Waals surface area contributed by atoms with Crippen molar-refractivity contribution in [1.82, 2.24) is 4.98 Å². The second-order valence-corrected chi connectivity index (χ2v) is 6.76. The fourth-order valence-electron chi connectivity index (χ4n) is 3.11. The zero-order valence-electron chi connectivity index (χ0n) is 12.7. The molecule has 0 spiro atoms. The van der Waals surface area contributed by atoms with Crippen molar-refractivity contribution in [3.05, 3.63) is 58.8 Å². The number of anilines is 1. The summed E-state index contributed by atoms with van der Waals surface area (Å²) in [4.78, 5) is 8.24. The fraction of sp³-hybridized carbons (Fsp3) is 0.278. The maximum Gasteiger partial charge on any atom is 0.236 e. The number of nitrogens with zero attached hydrogens (tertiary/aromatic N) is 2. The Morgan fingerprint density at radius 1 is 1.27 bits per heavy atom. The average molecular weight is 310 g/mol. The van der Waals surface area contributed by atoms with Gasteiger partial charge in [-0.05, 0) is 43.3 Å². The minimum absolute atomic E-state index is 0.499. The summed E-state index contributed by atoms with van der Waals surface area (Å²) in [5.74, 6) is 1.66. The topological polar surface area (TPSA) is 29.3 Å². The number of thiophene rings is 1. The number of para-hydroxylation sites is 1. The molecule has 0 radical (unpaired) electrons. The first-order chi connectivity index (χ1) is 10.7. The first kappa shape index (κ1) is 13.6. The van der Waals surface area contributed by atoms with Crippen LogP contribution in [0.25, 0.3) is 10.8 Å². The predicted molar refractivity (Wildman–Crippen MR) is 90.3 cm³/mol. The lowest BCUT2D eigenvalue weighted by Crippen LogP contribution is -2.29. The number of hydrogen-bond donors (Lipinski definition) is 0. The molecule has 112 valence electrons. The Labute approximate surface area is 134 Å². The number of aromatic nitrogens is 1. The van der Waals surface area contributed by atoms with Crippen LogP contribution in [-0.4, -0.2) is 11.0 Å². The highest BCUT2D eigenvalue weighted by atomic mass is 32.1. The molecule has 0 saturated carbocycles. The molecule has 0 fully saturated rings. The van der Waals surface area contributed by atoms with Crippen LogP contribution < -0.4 is 4.90 Å². The van der Waals surface area contributed by atoms with Gasteiger partial charge in [0.25, 0.3) is 0 Å². The number of benzene rings is 1. The summed E-state index contributed by atoms with van der Waals surface area (Å²) in [6.45, 7) is 5.08. The third-order valence-corrected chi connectivity index (χ3v) is 5.15. The van der Waals surface area contributed by atoms with Gasteiger partial charge < -0.3 is 9.32 Å². The first-order valence-corrected chi connectivity index (χ1v) is 8.45. The molecule has 0 unspecified atom stereocenters. The second-order valence-electron chi connectivity index (χ2n) is 5.81. The van der Waals surface area contributed by atoms with Gasteiger partial charge in [-0.1, -0.05) is 24.3 Å². The van der Waals surface area contributed by atoms with Gasteiger partial charge in [0.05, 0.1) is 11.4 Å². The Balaban J connectivity index is 1.64. The van der Waals surface area contributed by atoms with Gasteiger partial charge in [-0.15, -0.1) is 11.3 Å². The van der Waals surface area contributed by atoms with E-state index in [1.165, 1.54) is 11.3 Å². The van der Waals surface area contributed by atoms with E-state index in [-0.39, 0.29) is 0 Å². The van der Waals surface area contributed by atoms with Crippen molar-refractivity contribution in [2.75, 3.05) is 4.90 Å². The van der Waals surface area contributed by atoms with Crippen molar-refractivity contribution in [3.8, 4) is 10.8 Å². The number of fused-ring (bicyclic) bond motifs is 1. The summed E-state index contributed by atoms with van der Waals surface area (Å²) >= 11 is 1.66. The van der Waals surface area contributed by atoms with Crippen LogP contribution in [0.1, 0.15) is 23.9 Å². The largest absolute Gasteiger partial charge is 0.440 e. The fourth-order valence-corrected chi connectivity index (χ4v) is 3.76. The van der Waals surface area contributed by atoms with Crippen molar-refractivity contribution in [2.24, 2.45) is 0 Å². The molecule has 1 aromatic carbocycles. The summed E-state index contributed by atoms with van der Waals surface area (Å²) in [6, 6.07) is 13.2.